The molecule has 0 heterocycles. The lowest BCUT2D eigenvalue weighted by atomic mass is 10.2. The summed E-state index contributed by atoms with van der Waals surface area (Å²) < 4.78 is 0. The van der Waals surface area contributed by atoms with Crippen LogP contribution in [0.1, 0.15) is 19.4 Å². The van der Waals surface area contributed by atoms with Crippen LogP contribution in [0.5, 0.6) is 0 Å². The number of anilines is 2. The van der Waals surface area contributed by atoms with Crippen molar-refractivity contribution in [1.82, 2.24) is 0 Å². The molecule has 0 bridgehead atoms. The molecule has 0 saturated carbocycles. The summed E-state index contributed by atoms with van der Waals surface area (Å²) in [6, 6.07) is 12.7. The fourth-order valence-electron chi connectivity index (χ4n) is 1.99. The smallest absolute Gasteiger partial charge is 0.269 e. The Bertz CT molecular complexity index is 825. The van der Waals surface area contributed by atoms with Gasteiger partial charge in [-0.15, -0.1) is 0 Å². The number of nitro groups is 1. The van der Waals surface area contributed by atoms with Gasteiger partial charge in [0, 0.05) is 35.5 Å². The molecule has 0 spiro atoms. The van der Waals surface area contributed by atoms with E-state index in [0.717, 1.165) is 0 Å². The maximum absolute atomic E-state index is 11.9. The zero-order valence-corrected chi connectivity index (χ0v) is 14.4. The maximum Gasteiger partial charge on any atom is 0.269 e. The molecule has 0 aliphatic carbocycles. The summed E-state index contributed by atoms with van der Waals surface area (Å²) in [5, 5.41) is 16.1. The van der Waals surface area contributed by atoms with Crippen molar-refractivity contribution in [2.24, 2.45) is 5.92 Å². The second-order valence-electron chi connectivity index (χ2n) is 5.89. The quantitative estimate of drug-likeness (QED) is 0.468. The van der Waals surface area contributed by atoms with E-state index in [9.17, 15) is 19.7 Å². The number of carbonyl (C=O) groups excluding carboxylic acids is 2. The maximum atomic E-state index is 11.9. The van der Waals surface area contributed by atoms with Gasteiger partial charge in [0.1, 0.15) is 0 Å². The van der Waals surface area contributed by atoms with E-state index in [1.165, 1.54) is 18.2 Å². The normalized spacial score (nSPS) is 10.7. The molecule has 26 heavy (non-hydrogen) atoms. The molecule has 0 aliphatic heterocycles. The van der Waals surface area contributed by atoms with Crippen LogP contribution in [0.3, 0.4) is 0 Å². The number of benzene rings is 2. The van der Waals surface area contributed by atoms with Crippen LogP contribution in [0.25, 0.3) is 6.08 Å². The summed E-state index contributed by atoms with van der Waals surface area (Å²) in [5.41, 5.74) is 1.92. The number of hydrogen-bond donors (Lipinski definition) is 2. The Morgan fingerprint density at radius 3 is 2.00 bits per heavy atom. The molecule has 2 rings (SSSR count). The van der Waals surface area contributed by atoms with Gasteiger partial charge in [0.15, 0.2) is 0 Å². The number of amides is 2. The summed E-state index contributed by atoms with van der Waals surface area (Å²) in [7, 11) is 0. The molecule has 2 N–H and O–H groups in total. The number of rotatable bonds is 6. The minimum absolute atomic E-state index is 0.00347. The molecule has 0 atom stereocenters. The lowest BCUT2D eigenvalue weighted by molar-refractivity contribution is -0.384. The summed E-state index contributed by atoms with van der Waals surface area (Å²) >= 11 is 0. The molecule has 0 radical (unpaired) electrons. The zero-order chi connectivity index (χ0) is 19.1. The van der Waals surface area contributed by atoms with Crippen LogP contribution >= 0.6 is 0 Å². The van der Waals surface area contributed by atoms with Gasteiger partial charge in [0.2, 0.25) is 11.8 Å². The van der Waals surface area contributed by atoms with E-state index >= 15 is 0 Å². The molecular formula is C19H19N3O4. The molecular weight excluding hydrogens is 334 g/mol. The zero-order valence-electron chi connectivity index (χ0n) is 14.4. The van der Waals surface area contributed by atoms with Gasteiger partial charge in [-0.2, -0.15) is 0 Å². The average molecular weight is 353 g/mol. The third kappa shape index (κ3) is 5.55. The predicted molar refractivity (Wildman–Crippen MR) is 101 cm³/mol. The first kappa shape index (κ1) is 18.9. The van der Waals surface area contributed by atoms with Crippen molar-refractivity contribution >= 4 is 35.0 Å². The third-order valence-electron chi connectivity index (χ3n) is 3.48. The summed E-state index contributed by atoms with van der Waals surface area (Å²) in [6.07, 6.45) is 2.91. The minimum atomic E-state index is -0.479. The molecule has 2 amide bonds. The number of nitrogens with one attached hydrogen (secondary N) is 2. The Morgan fingerprint density at radius 1 is 0.962 bits per heavy atom. The van der Waals surface area contributed by atoms with Gasteiger partial charge < -0.3 is 10.6 Å². The van der Waals surface area contributed by atoms with Crippen molar-refractivity contribution < 1.29 is 14.5 Å². The summed E-state index contributed by atoms with van der Waals surface area (Å²) in [4.78, 5) is 33.7. The standard InChI is InChI=1S/C19H19N3O4/c1-13(2)19(24)21-16-8-6-15(7-9-16)20-18(23)12-5-14-3-10-17(11-4-14)22(25)26/h3-13H,1-2H3,(H,20,23)(H,21,24)/b12-5+. The molecule has 134 valence electrons. The van der Waals surface area contributed by atoms with Gasteiger partial charge in [-0.25, -0.2) is 0 Å². The van der Waals surface area contributed by atoms with E-state index < -0.39 is 4.92 Å². The van der Waals surface area contributed by atoms with Crippen molar-refractivity contribution in [3.05, 3.63) is 70.3 Å². The van der Waals surface area contributed by atoms with Crippen LogP contribution in [0.4, 0.5) is 17.1 Å². The van der Waals surface area contributed by atoms with Gasteiger partial charge >= 0.3 is 0 Å². The summed E-state index contributed by atoms with van der Waals surface area (Å²) in [5.74, 6) is -0.519. The van der Waals surface area contributed by atoms with Crippen molar-refractivity contribution in [3.8, 4) is 0 Å². The number of non-ortho nitro benzene ring substituents is 1. The summed E-state index contributed by atoms with van der Waals surface area (Å²) in [6.45, 7) is 3.61. The monoisotopic (exact) mass is 353 g/mol. The van der Waals surface area contributed by atoms with E-state index in [1.54, 1.807) is 56.3 Å². The first-order valence-electron chi connectivity index (χ1n) is 7.99. The Hall–Kier alpha value is -3.48. The second kappa shape index (κ2) is 8.57. The fraction of sp³-hybridized carbons (Fsp3) is 0.158. The Labute approximate surface area is 150 Å². The topological polar surface area (TPSA) is 101 Å². The van der Waals surface area contributed by atoms with Crippen molar-refractivity contribution in [2.45, 2.75) is 13.8 Å². The van der Waals surface area contributed by atoms with Crippen LogP contribution in [0.15, 0.2) is 54.6 Å². The van der Waals surface area contributed by atoms with Gasteiger partial charge in [0.25, 0.3) is 5.69 Å². The number of nitrogens with zero attached hydrogens (tertiary/aromatic N) is 1. The minimum Gasteiger partial charge on any atom is -0.326 e. The van der Waals surface area contributed by atoms with Crippen molar-refractivity contribution in [3.63, 3.8) is 0 Å². The van der Waals surface area contributed by atoms with Gasteiger partial charge in [0.05, 0.1) is 4.92 Å². The van der Waals surface area contributed by atoms with Crippen LogP contribution in [0, 0.1) is 16.0 Å². The van der Waals surface area contributed by atoms with E-state index in [0.29, 0.717) is 16.9 Å². The fourth-order valence-corrected chi connectivity index (χ4v) is 1.99. The van der Waals surface area contributed by atoms with Crippen molar-refractivity contribution in [2.75, 3.05) is 10.6 Å². The highest BCUT2D eigenvalue weighted by atomic mass is 16.6. The highest BCUT2D eigenvalue weighted by Crippen LogP contribution is 2.15. The SMILES string of the molecule is CC(C)C(=O)Nc1ccc(NC(=O)/C=C/c2ccc([N+](=O)[O-])cc2)cc1. The molecule has 2 aromatic rings. The van der Waals surface area contributed by atoms with Gasteiger partial charge in [-0.3, -0.25) is 19.7 Å². The highest BCUT2D eigenvalue weighted by molar-refractivity contribution is 6.02. The molecule has 0 unspecified atom stereocenters. The Morgan fingerprint density at radius 2 is 1.50 bits per heavy atom. The third-order valence-corrected chi connectivity index (χ3v) is 3.48. The molecule has 0 fully saturated rings. The number of carbonyl (C=O) groups is 2. The van der Waals surface area contributed by atoms with E-state index in [1.807, 2.05) is 0 Å². The van der Waals surface area contributed by atoms with Gasteiger partial charge in [-0.05, 0) is 48.0 Å². The lowest BCUT2D eigenvalue weighted by Gasteiger charge is -2.08. The van der Waals surface area contributed by atoms with Gasteiger partial charge in [-0.1, -0.05) is 13.8 Å². The van der Waals surface area contributed by atoms with E-state index in [4.69, 9.17) is 0 Å². The van der Waals surface area contributed by atoms with Crippen LogP contribution in [0.2, 0.25) is 0 Å². The first-order chi connectivity index (χ1) is 12.3. The molecule has 0 saturated heterocycles. The Balaban J connectivity index is 1.92. The first-order valence-corrected chi connectivity index (χ1v) is 7.99. The lowest BCUT2D eigenvalue weighted by Crippen LogP contribution is -2.17. The molecule has 0 aromatic heterocycles. The number of nitro benzene ring substituents is 1. The highest BCUT2D eigenvalue weighted by Gasteiger charge is 2.07. The molecule has 7 nitrogen and oxygen atoms in total. The number of hydrogen-bond acceptors (Lipinski definition) is 4. The van der Waals surface area contributed by atoms with Crippen LogP contribution in [-0.4, -0.2) is 16.7 Å². The second-order valence-corrected chi connectivity index (χ2v) is 5.89. The van der Waals surface area contributed by atoms with Crippen LogP contribution < -0.4 is 10.6 Å². The van der Waals surface area contributed by atoms with Crippen LogP contribution in [-0.2, 0) is 9.59 Å². The van der Waals surface area contributed by atoms with E-state index in [2.05, 4.69) is 10.6 Å². The van der Waals surface area contributed by atoms with Crippen molar-refractivity contribution in [1.29, 1.82) is 0 Å². The molecule has 0 aliphatic rings. The molecule has 7 heteroatoms. The largest absolute Gasteiger partial charge is 0.326 e. The van der Waals surface area contributed by atoms with E-state index in [-0.39, 0.29) is 23.4 Å². The average Bonchev–Trinajstić information content (AvgIpc) is 2.62. The molecule has 2 aromatic carbocycles. The predicted octanol–water partition coefficient (Wildman–Crippen LogP) is 3.84. The Kier molecular flexibility index (Phi) is 6.21.